The molecule has 11 heteroatoms. The number of rotatable bonds is 12. The molecule has 4 rings (SSSR count). The molecule has 1 aliphatic carbocycles. The van der Waals surface area contributed by atoms with Gasteiger partial charge in [0.2, 0.25) is 17.6 Å². The number of carbonyl (C=O) groups is 2. The van der Waals surface area contributed by atoms with E-state index < -0.39 is 11.9 Å². The fourth-order valence-corrected chi connectivity index (χ4v) is 4.61. The molecule has 10 nitrogen and oxygen atoms in total. The molecular formula is C27H33FN6O4. The summed E-state index contributed by atoms with van der Waals surface area (Å²) in [5.41, 5.74) is 1.19. The van der Waals surface area contributed by atoms with Crippen LogP contribution >= 0.6 is 0 Å². The van der Waals surface area contributed by atoms with Crippen LogP contribution in [0.15, 0.2) is 48.5 Å². The van der Waals surface area contributed by atoms with E-state index in [9.17, 15) is 19.1 Å². The summed E-state index contributed by atoms with van der Waals surface area (Å²) in [4.78, 5) is 29.8. The molecule has 2 amide bonds. The number of amides is 2. The van der Waals surface area contributed by atoms with Crippen LogP contribution in [0.5, 0.6) is 5.75 Å². The number of nitrogens with one attached hydrogen (secondary N) is 1. The summed E-state index contributed by atoms with van der Waals surface area (Å²) < 4.78 is 18.8. The summed E-state index contributed by atoms with van der Waals surface area (Å²) in [6.45, 7) is 2.16. The van der Waals surface area contributed by atoms with E-state index in [2.05, 4.69) is 20.7 Å². The molecule has 0 saturated heterocycles. The van der Waals surface area contributed by atoms with Crippen LogP contribution in [0, 0.1) is 5.82 Å². The van der Waals surface area contributed by atoms with Crippen LogP contribution in [0.25, 0.3) is 11.4 Å². The Bertz CT molecular complexity index is 1200. The molecule has 2 N–H and O–H groups in total. The molecule has 202 valence electrons. The molecule has 1 atom stereocenters. The van der Waals surface area contributed by atoms with Crippen LogP contribution in [0.3, 0.4) is 0 Å². The first-order chi connectivity index (χ1) is 18.5. The highest BCUT2D eigenvalue weighted by Gasteiger charge is 2.33. The number of hydrogen-bond acceptors (Lipinski definition) is 7. The fourth-order valence-electron chi connectivity index (χ4n) is 4.61. The van der Waals surface area contributed by atoms with Crippen molar-refractivity contribution in [3.05, 3.63) is 59.9 Å². The van der Waals surface area contributed by atoms with Gasteiger partial charge in [-0.1, -0.05) is 25.0 Å². The lowest BCUT2D eigenvalue weighted by molar-refractivity contribution is -0.142. The van der Waals surface area contributed by atoms with E-state index in [4.69, 9.17) is 4.74 Å². The number of benzene rings is 2. The van der Waals surface area contributed by atoms with Crippen LogP contribution < -0.4 is 10.1 Å². The molecule has 0 unspecified atom stereocenters. The van der Waals surface area contributed by atoms with E-state index in [1.807, 2.05) is 6.92 Å². The van der Waals surface area contributed by atoms with E-state index in [0.717, 1.165) is 30.5 Å². The molecule has 0 aliphatic heterocycles. The highest BCUT2D eigenvalue weighted by molar-refractivity contribution is 5.89. The number of aliphatic hydroxyl groups is 1. The van der Waals surface area contributed by atoms with Crippen molar-refractivity contribution in [2.75, 3.05) is 19.8 Å². The normalized spacial score (nSPS) is 14.3. The van der Waals surface area contributed by atoms with E-state index in [0.29, 0.717) is 29.9 Å². The van der Waals surface area contributed by atoms with Crippen molar-refractivity contribution in [3.8, 4) is 17.1 Å². The summed E-state index contributed by atoms with van der Waals surface area (Å²) in [6.07, 6.45) is 4.21. The molecule has 0 spiro atoms. The smallest absolute Gasteiger partial charge is 0.247 e. The van der Waals surface area contributed by atoms with Crippen LogP contribution in [-0.4, -0.2) is 67.8 Å². The third-order valence-corrected chi connectivity index (χ3v) is 6.48. The Morgan fingerprint density at radius 1 is 1.16 bits per heavy atom. The second-order valence-corrected chi connectivity index (χ2v) is 9.21. The lowest BCUT2D eigenvalue weighted by atomic mass is 10.0. The molecule has 0 radical (unpaired) electrons. The van der Waals surface area contributed by atoms with Crippen molar-refractivity contribution in [1.82, 2.24) is 30.4 Å². The number of carbonyl (C=O) groups excluding carboxylic acids is 2. The van der Waals surface area contributed by atoms with Gasteiger partial charge in [0.25, 0.3) is 0 Å². The largest absolute Gasteiger partial charge is 0.494 e. The van der Waals surface area contributed by atoms with E-state index >= 15 is 0 Å². The van der Waals surface area contributed by atoms with Gasteiger partial charge in [-0.2, -0.15) is 4.80 Å². The van der Waals surface area contributed by atoms with Gasteiger partial charge in [-0.15, -0.1) is 10.2 Å². The summed E-state index contributed by atoms with van der Waals surface area (Å²) in [5, 5.41) is 24.9. The number of hydrogen-bond donors (Lipinski definition) is 2. The monoisotopic (exact) mass is 524 g/mol. The zero-order valence-corrected chi connectivity index (χ0v) is 21.4. The molecule has 1 fully saturated rings. The van der Waals surface area contributed by atoms with Gasteiger partial charge < -0.3 is 20.1 Å². The third kappa shape index (κ3) is 6.91. The number of aromatic nitrogens is 4. The van der Waals surface area contributed by atoms with Crippen molar-refractivity contribution >= 4 is 11.8 Å². The molecule has 1 aromatic heterocycles. The van der Waals surface area contributed by atoms with E-state index in [1.165, 1.54) is 29.2 Å². The summed E-state index contributed by atoms with van der Waals surface area (Å²) in [6, 6.07) is 11.9. The quantitative estimate of drug-likeness (QED) is 0.374. The maximum absolute atomic E-state index is 13.6. The Hall–Kier alpha value is -3.86. The lowest BCUT2D eigenvalue weighted by Crippen LogP contribution is -2.47. The maximum Gasteiger partial charge on any atom is 0.247 e. The molecule has 1 aliphatic rings. The number of tetrazole rings is 1. The first-order valence-electron chi connectivity index (χ1n) is 13.0. The van der Waals surface area contributed by atoms with Gasteiger partial charge in [-0.05, 0) is 73.4 Å². The SMILES string of the molecule is CCOc1ccc([C@@H](C(=O)NC2CCCC2)N(CCCO)C(=O)Cn2nnc(-c3ccc(F)cc3)n2)cc1. The van der Waals surface area contributed by atoms with E-state index in [1.54, 1.807) is 24.3 Å². The molecule has 3 aromatic rings. The van der Waals surface area contributed by atoms with Gasteiger partial charge in [-0.25, -0.2) is 4.39 Å². The van der Waals surface area contributed by atoms with E-state index in [-0.39, 0.29) is 43.3 Å². The minimum Gasteiger partial charge on any atom is -0.494 e. The predicted molar refractivity (Wildman–Crippen MR) is 137 cm³/mol. The van der Waals surface area contributed by atoms with Crippen molar-refractivity contribution in [2.45, 2.75) is 57.7 Å². The van der Waals surface area contributed by atoms with Gasteiger partial charge >= 0.3 is 0 Å². The predicted octanol–water partition coefficient (Wildman–Crippen LogP) is 2.89. The topological polar surface area (TPSA) is 122 Å². The summed E-state index contributed by atoms with van der Waals surface area (Å²) >= 11 is 0. The third-order valence-electron chi connectivity index (χ3n) is 6.48. The zero-order valence-electron chi connectivity index (χ0n) is 21.4. The molecule has 1 heterocycles. The van der Waals surface area contributed by atoms with Crippen LogP contribution in [-0.2, 0) is 16.1 Å². The Kier molecular flexibility index (Phi) is 9.36. The highest BCUT2D eigenvalue weighted by Crippen LogP contribution is 2.27. The molecule has 38 heavy (non-hydrogen) atoms. The Morgan fingerprint density at radius 3 is 2.53 bits per heavy atom. The van der Waals surface area contributed by atoms with Gasteiger partial charge in [0.15, 0.2) is 0 Å². The second-order valence-electron chi connectivity index (χ2n) is 9.21. The minimum atomic E-state index is -0.912. The minimum absolute atomic E-state index is 0.0674. The molecule has 1 saturated carbocycles. The molecule has 2 aromatic carbocycles. The van der Waals surface area contributed by atoms with Gasteiger partial charge in [0, 0.05) is 24.8 Å². The van der Waals surface area contributed by atoms with Crippen molar-refractivity contribution in [3.63, 3.8) is 0 Å². The standard InChI is InChI=1S/C27H33FN6O4/c1-2-38-23-14-10-19(11-15-23)25(27(37)29-22-6-3-4-7-22)33(16-5-17-35)24(36)18-34-31-26(30-32-34)20-8-12-21(28)13-9-20/h8-15,22,25,35H,2-7,16-18H2,1H3,(H,29,37)/t25-/m0/s1. The summed E-state index contributed by atoms with van der Waals surface area (Å²) in [7, 11) is 0. The molecular weight excluding hydrogens is 491 g/mol. The van der Waals surface area contributed by atoms with Crippen LogP contribution in [0.4, 0.5) is 4.39 Å². The number of halogens is 1. The molecule has 0 bridgehead atoms. The number of aliphatic hydroxyl groups excluding tert-OH is 1. The van der Waals surface area contributed by atoms with Gasteiger partial charge in [0.1, 0.15) is 24.2 Å². The Balaban J connectivity index is 1.59. The first-order valence-corrected chi connectivity index (χ1v) is 13.0. The Morgan fingerprint density at radius 2 is 1.87 bits per heavy atom. The second kappa shape index (κ2) is 13.1. The lowest BCUT2D eigenvalue weighted by Gasteiger charge is -2.32. The summed E-state index contributed by atoms with van der Waals surface area (Å²) in [5.74, 6) is -0.138. The van der Waals surface area contributed by atoms with Gasteiger partial charge in [-0.3, -0.25) is 9.59 Å². The number of nitrogens with zero attached hydrogens (tertiary/aromatic N) is 5. The van der Waals surface area contributed by atoms with Crippen LogP contribution in [0.1, 0.15) is 50.6 Å². The fraction of sp³-hybridized carbons (Fsp3) is 0.444. The van der Waals surface area contributed by atoms with Gasteiger partial charge in [0.05, 0.1) is 6.61 Å². The van der Waals surface area contributed by atoms with Crippen LogP contribution in [0.2, 0.25) is 0 Å². The first kappa shape index (κ1) is 27.2. The zero-order chi connectivity index (χ0) is 26.9. The average Bonchev–Trinajstić information content (AvgIpc) is 3.60. The number of ether oxygens (including phenoxy) is 1. The highest BCUT2D eigenvalue weighted by atomic mass is 19.1. The average molecular weight is 525 g/mol. The van der Waals surface area contributed by atoms with Crippen molar-refractivity contribution < 1.29 is 23.8 Å². The van der Waals surface area contributed by atoms with Crippen molar-refractivity contribution in [2.24, 2.45) is 0 Å². The van der Waals surface area contributed by atoms with Crippen molar-refractivity contribution in [1.29, 1.82) is 0 Å². The maximum atomic E-state index is 13.6. The Labute approximate surface area is 220 Å².